The number of anilines is 1. The zero-order valence-corrected chi connectivity index (χ0v) is 16.3. The SMILES string of the molecule is CCc1nc(-c2ccc(C(=O)N3CCN(c4ccccc4)CC3)cc2)cs1. The summed E-state index contributed by atoms with van der Waals surface area (Å²) in [6.45, 7) is 5.35. The van der Waals surface area contributed by atoms with E-state index in [1.54, 1.807) is 11.3 Å². The van der Waals surface area contributed by atoms with E-state index in [9.17, 15) is 4.79 Å². The van der Waals surface area contributed by atoms with Crippen LogP contribution in [-0.2, 0) is 6.42 Å². The van der Waals surface area contributed by atoms with E-state index in [1.165, 1.54) is 5.69 Å². The lowest BCUT2D eigenvalue weighted by molar-refractivity contribution is 0.0747. The van der Waals surface area contributed by atoms with Crippen LogP contribution in [-0.4, -0.2) is 42.0 Å². The Bertz CT molecular complexity index is 897. The van der Waals surface area contributed by atoms with E-state index in [2.05, 4.69) is 46.5 Å². The van der Waals surface area contributed by atoms with E-state index < -0.39 is 0 Å². The van der Waals surface area contributed by atoms with Crippen molar-refractivity contribution in [2.24, 2.45) is 0 Å². The fraction of sp³-hybridized carbons (Fsp3) is 0.273. The summed E-state index contributed by atoms with van der Waals surface area (Å²) in [6.07, 6.45) is 0.955. The summed E-state index contributed by atoms with van der Waals surface area (Å²) in [5.74, 6) is 0.113. The second kappa shape index (κ2) is 7.92. The highest BCUT2D eigenvalue weighted by molar-refractivity contribution is 7.09. The molecule has 27 heavy (non-hydrogen) atoms. The number of piperazine rings is 1. The van der Waals surface area contributed by atoms with Gasteiger partial charge < -0.3 is 9.80 Å². The molecule has 4 rings (SSSR count). The maximum absolute atomic E-state index is 12.8. The molecule has 1 aliphatic rings. The molecule has 0 atom stereocenters. The Morgan fingerprint density at radius 3 is 2.33 bits per heavy atom. The van der Waals surface area contributed by atoms with E-state index in [4.69, 9.17) is 0 Å². The Labute approximate surface area is 164 Å². The molecule has 1 saturated heterocycles. The smallest absolute Gasteiger partial charge is 0.253 e. The van der Waals surface area contributed by atoms with E-state index >= 15 is 0 Å². The highest BCUT2D eigenvalue weighted by Crippen LogP contribution is 2.23. The van der Waals surface area contributed by atoms with Gasteiger partial charge in [0.15, 0.2) is 0 Å². The summed E-state index contributed by atoms with van der Waals surface area (Å²) in [5, 5.41) is 3.22. The van der Waals surface area contributed by atoms with Crippen LogP contribution in [0.25, 0.3) is 11.3 Å². The third-order valence-electron chi connectivity index (χ3n) is 4.97. The van der Waals surface area contributed by atoms with E-state index in [0.29, 0.717) is 0 Å². The number of hydrogen-bond acceptors (Lipinski definition) is 4. The normalized spacial score (nSPS) is 14.4. The Balaban J connectivity index is 1.40. The van der Waals surface area contributed by atoms with Crippen molar-refractivity contribution >= 4 is 22.9 Å². The molecule has 4 nitrogen and oxygen atoms in total. The van der Waals surface area contributed by atoms with Gasteiger partial charge in [-0.1, -0.05) is 37.3 Å². The summed E-state index contributed by atoms with van der Waals surface area (Å²) >= 11 is 1.69. The molecule has 0 unspecified atom stereocenters. The number of rotatable bonds is 4. The Morgan fingerprint density at radius 2 is 1.70 bits per heavy atom. The molecule has 2 aromatic carbocycles. The van der Waals surface area contributed by atoms with Crippen LogP contribution in [0, 0.1) is 0 Å². The first kappa shape index (κ1) is 17.7. The van der Waals surface area contributed by atoms with Gasteiger partial charge in [-0.05, 0) is 30.7 Å². The van der Waals surface area contributed by atoms with Gasteiger partial charge in [0.1, 0.15) is 0 Å². The molecule has 0 bridgehead atoms. The van der Waals surface area contributed by atoms with Crippen LogP contribution in [0.1, 0.15) is 22.3 Å². The standard InChI is InChI=1S/C22H23N3OS/c1-2-21-23-20(16-27-21)17-8-10-18(11-9-17)22(26)25-14-12-24(13-15-25)19-6-4-3-5-7-19/h3-11,16H,2,12-15H2,1H3. The lowest BCUT2D eigenvalue weighted by atomic mass is 10.1. The van der Waals surface area contributed by atoms with Crippen LogP contribution in [0.3, 0.4) is 0 Å². The molecule has 3 aromatic rings. The van der Waals surface area contributed by atoms with Gasteiger partial charge in [0, 0.05) is 48.4 Å². The van der Waals surface area contributed by atoms with Crippen molar-refractivity contribution in [2.75, 3.05) is 31.1 Å². The Morgan fingerprint density at radius 1 is 1.00 bits per heavy atom. The second-order valence-electron chi connectivity index (χ2n) is 6.67. The molecule has 1 aliphatic heterocycles. The van der Waals surface area contributed by atoms with Crippen molar-refractivity contribution in [1.82, 2.24) is 9.88 Å². The van der Waals surface area contributed by atoms with Crippen LogP contribution < -0.4 is 4.90 Å². The number of aromatic nitrogens is 1. The molecule has 138 valence electrons. The topological polar surface area (TPSA) is 36.4 Å². The largest absolute Gasteiger partial charge is 0.368 e. The van der Waals surface area contributed by atoms with Gasteiger partial charge in [-0.15, -0.1) is 11.3 Å². The summed E-state index contributed by atoms with van der Waals surface area (Å²) in [4.78, 5) is 21.7. The van der Waals surface area contributed by atoms with Crippen molar-refractivity contribution in [3.8, 4) is 11.3 Å². The van der Waals surface area contributed by atoms with Crippen molar-refractivity contribution in [2.45, 2.75) is 13.3 Å². The van der Waals surface area contributed by atoms with Gasteiger partial charge in [-0.2, -0.15) is 0 Å². The third-order valence-corrected chi connectivity index (χ3v) is 5.96. The van der Waals surface area contributed by atoms with E-state index in [-0.39, 0.29) is 5.91 Å². The fourth-order valence-electron chi connectivity index (χ4n) is 3.38. The first-order chi connectivity index (χ1) is 13.2. The number of nitrogens with zero attached hydrogens (tertiary/aromatic N) is 3. The number of para-hydroxylation sites is 1. The molecule has 2 heterocycles. The average Bonchev–Trinajstić information content (AvgIpc) is 3.23. The van der Waals surface area contributed by atoms with Gasteiger partial charge in [0.05, 0.1) is 10.7 Å². The number of amides is 1. The van der Waals surface area contributed by atoms with Crippen LogP contribution in [0.15, 0.2) is 60.0 Å². The molecule has 0 radical (unpaired) electrons. The maximum atomic E-state index is 12.8. The molecule has 1 aromatic heterocycles. The molecule has 0 spiro atoms. The van der Waals surface area contributed by atoms with Crippen molar-refractivity contribution in [3.05, 3.63) is 70.5 Å². The molecule has 1 fully saturated rings. The first-order valence-corrected chi connectivity index (χ1v) is 10.3. The fourth-order valence-corrected chi connectivity index (χ4v) is 4.13. The van der Waals surface area contributed by atoms with Crippen LogP contribution in [0.5, 0.6) is 0 Å². The molecule has 5 heteroatoms. The van der Waals surface area contributed by atoms with Gasteiger partial charge in [-0.25, -0.2) is 4.98 Å². The molecule has 1 amide bonds. The second-order valence-corrected chi connectivity index (χ2v) is 7.61. The van der Waals surface area contributed by atoms with Gasteiger partial charge >= 0.3 is 0 Å². The number of carbonyl (C=O) groups excluding carboxylic acids is 1. The van der Waals surface area contributed by atoms with Crippen molar-refractivity contribution in [1.29, 1.82) is 0 Å². The van der Waals surface area contributed by atoms with Crippen LogP contribution in [0.4, 0.5) is 5.69 Å². The van der Waals surface area contributed by atoms with E-state index in [0.717, 1.165) is 54.4 Å². The number of benzene rings is 2. The zero-order valence-electron chi connectivity index (χ0n) is 15.5. The minimum Gasteiger partial charge on any atom is -0.368 e. The van der Waals surface area contributed by atoms with Gasteiger partial charge in [-0.3, -0.25) is 4.79 Å². The lowest BCUT2D eigenvalue weighted by Crippen LogP contribution is -2.48. The minimum atomic E-state index is 0.113. The lowest BCUT2D eigenvalue weighted by Gasteiger charge is -2.36. The molecule has 0 N–H and O–H groups in total. The van der Waals surface area contributed by atoms with Crippen molar-refractivity contribution in [3.63, 3.8) is 0 Å². The minimum absolute atomic E-state index is 0.113. The van der Waals surface area contributed by atoms with Crippen LogP contribution in [0.2, 0.25) is 0 Å². The molecule has 0 aliphatic carbocycles. The zero-order chi connectivity index (χ0) is 18.6. The van der Waals surface area contributed by atoms with Gasteiger partial charge in [0.2, 0.25) is 0 Å². The van der Waals surface area contributed by atoms with Crippen molar-refractivity contribution < 1.29 is 4.79 Å². The first-order valence-electron chi connectivity index (χ1n) is 9.38. The van der Waals surface area contributed by atoms with E-state index in [1.807, 2.05) is 35.2 Å². The monoisotopic (exact) mass is 377 g/mol. The predicted octanol–water partition coefficient (Wildman–Crippen LogP) is 4.33. The number of thiazole rings is 1. The highest BCUT2D eigenvalue weighted by Gasteiger charge is 2.22. The third kappa shape index (κ3) is 3.88. The Kier molecular flexibility index (Phi) is 5.21. The molecular formula is C22H23N3OS. The highest BCUT2D eigenvalue weighted by atomic mass is 32.1. The summed E-state index contributed by atoms with van der Waals surface area (Å²) < 4.78 is 0. The number of aryl methyl sites for hydroxylation is 1. The number of carbonyl (C=O) groups is 1. The molecular weight excluding hydrogens is 354 g/mol. The quantitative estimate of drug-likeness (QED) is 0.679. The van der Waals surface area contributed by atoms with Gasteiger partial charge in [0.25, 0.3) is 5.91 Å². The Hall–Kier alpha value is -2.66. The predicted molar refractivity (Wildman–Crippen MR) is 111 cm³/mol. The summed E-state index contributed by atoms with van der Waals surface area (Å²) in [6, 6.07) is 18.2. The number of hydrogen-bond donors (Lipinski definition) is 0. The van der Waals surface area contributed by atoms with Crippen LogP contribution >= 0.6 is 11.3 Å². The molecule has 0 saturated carbocycles. The average molecular weight is 378 g/mol. The summed E-state index contributed by atoms with van der Waals surface area (Å²) in [5.41, 5.74) is 4.03. The summed E-state index contributed by atoms with van der Waals surface area (Å²) in [7, 11) is 0. The maximum Gasteiger partial charge on any atom is 0.253 e.